The number of aliphatic carboxylic acids is 1. The number of thiazole rings is 1. The summed E-state index contributed by atoms with van der Waals surface area (Å²) in [5, 5.41) is 13.3. The minimum absolute atomic E-state index is 0.273. The molecule has 104 valence electrons. The molecule has 2 N–H and O–H groups in total. The van der Waals surface area contributed by atoms with Gasteiger partial charge in [-0.25, -0.2) is 4.98 Å². The normalized spacial score (nSPS) is 16.2. The van der Waals surface area contributed by atoms with Gasteiger partial charge >= 0.3 is 5.97 Å². The maximum absolute atomic E-state index is 11.6. The van der Waals surface area contributed by atoms with Crippen LogP contribution in [-0.4, -0.2) is 59.7 Å². The standard InChI is InChI=1S/C11H15N3O4S/c15-10(16)5-12-11(17)8-7-19-9(13-8)6-14-1-3-18-4-2-14/h7H,1-6H2,(H,12,17)(H,15,16). The Kier molecular flexibility index (Phi) is 4.83. The zero-order chi connectivity index (χ0) is 13.7. The maximum Gasteiger partial charge on any atom is 0.322 e. The summed E-state index contributed by atoms with van der Waals surface area (Å²) in [6.07, 6.45) is 0. The largest absolute Gasteiger partial charge is 0.480 e. The van der Waals surface area contributed by atoms with Gasteiger partial charge in [0.2, 0.25) is 0 Å². The fraction of sp³-hybridized carbons (Fsp3) is 0.545. The number of morpholine rings is 1. The summed E-state index contributed by atoms with van der Waals surface area (Å²) in [7, 11) is 0. The van der Waals surface area contributed by atoms with E-state index >= 15 is 0 Å². The summed E-state index contributed by atoms with van der Waals surface area (Å²) in [6, 6.07) is 0. The molecule has 1 aromatic rings. The highest BCUT2D eigenvalue weighted by atomic mass is 32.1. The molecule has 19 heavy (non-hydrogen) atoms. The second kappa shape index (κ2) is 6.60. The Hall–Kier alpha value is -1.51. The van der Waals surface area contributed by atoms with Crippen LogP contribution in [0.15, 0.2) is 5.38 Å². The SMILES string of the molecule is O=C(O)CNC(=O)c1csc(CN2CCOCC2)n1. The van der Waals surface area contributed by atoms with Crippen LogP contribution in [0.3, 0.4) is 0 Å². The van der Waals surface area contributed by atoms with Crippen molar-refractivity contribution < 1.29 is 19.4 Å². The van der Waals surface area contributed by atoms with Crippen LogP contribution < -0.4 is 5.32 Å². The number of carbonyl (C=O) groups excluding carboxylic acids is 1. The predicted octanol–water partition coefficient (Wildman–Crippen LogP) is -0.210. The van der Waals surface area contributed by atoms with Crippen molar-refractivity contribution in [2.45, 2.75) is 6.54 Å². The minimum Gasteiger partial charge on any atom is -0.480 e. The molecule has 2 rings (SSSR count). The van der Waals surface area contributed by atoms with E-state index in [4.69, 9.17) is 9.84 Å². The van der Waals surface area contributed by atoms with Gasteiger partial charge in [-0.3, -0.25) is 14.5 Å². The number of ether oxygens (including phenoxy) is 1. The van der Waals surface area contributed by atoms with Gasteiger partial charge in [0.15, 0.2) is 0 Å². The maximum atomic E-state index is 11.6. The lowest BCUT2D eigenvalue weighted by Crippen LogP contribution is -2.35. The number of amides is 1. The van der Waals surface area contributed by atoms with E-state index in [1.165, 1.54) is 11.3 Å². The van der Waals surface area contributed by atoms with Gasteiger partial charge in [0.1, 0.15) is 17.2 Å². The average molecular weight is 285 g/mol. The van der Waals surface area contributed by atoms with Crippen LogP contribution in [0.25, 0.3) is 0 Å². The summed E-state index contributed by atoms with van der Waals surface area (Å²) in [5.41, 5.74) is 0.273. The molecule has 0 radical (unpaired) electrons. The zero-order valence-corrected chi connectivity index (χ0v) is 11.1. The first-order valence-corrected chi connectivity index (χ1v) is 6.77. The molecule has 2 heterocycles. The van der Waals surface area contributed by atoms with E-state index in [9.17, 15) is 9.59 Å². The van der Waals surface area contributed by atoms with E-state index in [0.29, 0.717) is 6.54 Å². The molecule has 0 bridgehead atoms. The predicted molar refractivity (Wildman–Crippen MR) is 68.2 cm³/mol. The van der Waals surface area contributed by atoms with Crippen molar-refractivity contribution in [3.63, 3.8) is 0 Å². The Morgan fingerprint density at radius 2 is 2.21 bits per heavy atom. The van der Waals surface area contributed by atoms with E-state index in [2.05, 4.69) is 15.2 Å². The van der Waals surface area contributed by atoms with E-state index in [1.54, 1.807) is 5.38 Å². The molecule has 0 saturated carbocycles. The second-order valence-electron chi connectivity index (χ2n) is 4.09. The van der Waals surface area contributed by atoms with Crippen molar-refractivity contribution in [3.05, 3.63) is 16.1 Å². The summed E-state index contributed by atoms with van der Waals surface area (Å²) in [6.45, 7) is 3.46. The Morgan fingerprint density at radius 1 is 1.47 bits per heavy atom. The lowest BCUT2D eigenvalue weighted by atomic mass is 10.4. The number of nitrogens with zero attached hydrogens (tertiary/aromatic N) is 2. The Balaban J connectivity index is 1.87. The van der Waals surface area contributed by atoms with Crippen LogP contribution in [0.5, 0.6) is 0 Å². The van der Waals surface area contributed by atoms with Crippen molar-refractivity contribution in [2.24, 2.45) is 0 Å². The van der Waals surface area contributed by atoms with Gasteiger partial charge in [0.05, 0.1) is 19.8 Å². The van der Waals surface area contributed by atoms with Crippen LogP contribution in [0, 0.1) is 0 Å². The molecule has 1 aromatic heterocycles. The smallest absolute Gasteiger partial charge is 0.322 e. The van der Waals surface area contributed by atoms with Gasteiger partial charge in [0, 0.05) is 18.5 Å². The third-order valence-corrected chi connectivity index (χ3v) is 3.48. The van der Waals surface area contributed by atoms with Crippen molar-refractivity contribution in [2.75, 3.05) is 32.8 Å². The lowest BCUT2D eigenvalue weighted by Gasteiger charge is -2.25. The average Bonchev–Trinajstić information content (AvgIpc) is 2.85. The van der Waals surface area contributed by atoms with Crippen LogP contribution in [0.4, 0.5) is 0 Å². The third kappa shape index (κ3) is 4.27. The summed E-state index contributed by atoms with van der Waals surface area (Å²) >= 11 is 1.40. The number of hydrogen-bond acceptors (Lipinski definition) is 6. The molecule has 1 aliphatic heterocycles. The minimum atomic E-state index is -1.07. The molecular formula is C11H15N3O4S. The number of nitrogens with one attached hydrogen (secondary N) is 1. The highest BCUT2D eigenvalue weighted by molar-refractivity contribution is 7.09. The van der Waals surface area contributed by atoms with Crippen LogP contribution in [0.2, 0.25) is 0 Å². The highest BCUT2D eigenvalue weighted by Crippen LogP contribution is 2.13. The van der Waals surface area contributed by atoms with E-state index < -0.39 is 18.4 Å². The first-order chi connectivity index (χ1) is 9.15. The van der Waals surface area contributed by atoms with Crippen LogP contribution in [-0.2, 0) is 16.1 Å². The summed E-state index contributed by atoms with van der Waals surface area (Å²) in [5.74, 6) is -1.52. The van der Waals surface area contributed by atoms with E-state index in [0.717, 1.165) is 31.3 Å². The van der Waals surface area contributed by atoms with Gasteiger partial charge in [-0.2, -0.15) is 0 Å². The number of rotatable bonds is 5. The molecule has 0 aromatic carbocycles. The molecular weight excluding hydrogens is 270 g/mol. The fourth-order valence-corrected chi connectivity index (χ4v) is 2.50. The highest BCUT2D eigenvalue weighted by Gasteiger charge is 2.15. The Bertz CT molecular complexity index is 457. The molecule has 0 unspecified atom stereocenters. The van der Waals surface area contributed by atoms with Gasteiger partial charge in [-0.1, -0.05) is 0 Å². The topological polar surface area (TPSA) is 91.8 Å². The first kappa shape index (κ1) is 13.9. The van der Waals surface area contributed by atoms with Crippen molar-refractivity contribution in [1.29, 1.82) is 0 Å². The van der Waals surface area contributed by atoms with Crippen molar-refractivity contribution >= 4 is 23.2 Å². The van der Waals surface area contributed by atoms with Crippen LogP contribution in [0.1, 0.15) is 15.5 Å². The Morgan fingerprint density at radius 3 is 2.89 bits per heavy atom. The lowest BCUT2D eigenvalue weighted by molar-refractivity contribution is -0.135. The zero-order valence-electron chi connectivity index (χ0n) is 10.3. The number of carbonyl (C=O) groups is 2. The van der Waals surface area contributed by atoms with Crippen molar-refractivity contribution in [1.82, 2.24) is 15.2 Å². The summed E-state index contributed by atoms with van der Waals surface area (Å²) in [4.78, 5) is 28.4. The molecule has 1 aliphatic rings. The number of hydrogen-bond donors (Lipinski definition) is 2. The van der Waals surface area contributed by atoms with Gasteiger partial charge in [-0.05, 0) is 0 Å². The molecule has 8 heteroatoms. The van der Waals surface area contributed by atoms with Gasteiger partial charge < -0.3 is 15.2 Å². The molecule has 7 nitrogen and oxygen atoms in total. The molecule has 0 aliphatic carbocycles. The molecule has 0 spiro atoms. The number of carboxylic acid groups (broad SMARTS) is 1. The van der Waals surface area contributed by atoms with E-state index in [-0.39, 0.29) is 5.69 Å². The van der Waals surface area contributed by atoms with Crippen LogP contribution >= 0.6 is 11.3 Å². The molecule has 0 atom stereocenters. The summed E-state index contributed by atoms with van der Waals surface area (Å²) < 4.78 is 5.26. The quantitative estimate of drug-likeness (QED) is 0.778. The Labute approximate surface area is 114 Å². The molecule has 1 fully saturated rings. The van der Waals surface area contributed by atoms with Gasteiger partial charge in [-0.15, -0.1) is 11.3 Å². The molecule has 1 amide bonds. The number of carboxylic acids is 1. The number of aromatic nitrogens is 1. The first-order valence-electron chi connectivity index (χ1n) is 5.89. The van der Waals surface area contributed by atoms with E-state index in [1.807, 2.05) is 0 Å². The third-order valence-electron chi connectivity index (χ3n) is 2.65. The monoisotopic (exact) mass is 285 g/mol. The van der Waals surface area contributed by atoms with Crippen molar-refractivity contribution in [3.8, 4) is 0 Å². The van der Waals surface area contributed by atoms with Gasteiger partial charge in [0.25, 0.3) is 5.91 Å². The molecule has 1 saturated heterocycles. The fourth-order valence-electron chi connectivity index (χ4n) is 1.68. The second-order valence-corrected chi connectivity index (χ2v) is 5.03.